The molecule has 0 aromatic heterocycles. The van der Waals surface area contributed by atoms with Crippen molar-refractivity contribution in [2.75, 3.05) is 25.2 Å². The van der Waals surface area contributed by atoms with E-state index in [1.165, 1.54) is 30.2 Å². The summed E-state index contributed by atoms with van der Waals surface area (Å²) in [5, 5.41) is 21.3. The molecule has 0 saturated carbocycles. The standard InChI is InChI=1S/C26H20ClNO7/c1-33-19-9-5-16(13-18(19)27)28-23(14-2-6-17(29)7-3-14)22(25(31)26(28)32)24(30)15-4-8-20-21(12-15)35-11-10-34-20/h2-9,12-13,23,29-30H,10-11H2,1H3/b24-22-. The van der Waals surface area contributed by atoms with E-state index in [1.54, 1.807) is 42.5 Å². The first kappa shape index (κ1) is 22.6. The van der Waals surface area contributed by atoms with Crippen LogP contribution in [0, 0.1) is 0 Å². The van der Waals surface area contributed by atoms with E-state index < -0.39 is 17.7 Å². The maximum atomic E-state index is 13.3. The lowest BCUT2D eigenvalue weighted by atomic mass is 9.95. The minimum absolute atomic E-state index is 0.0185. The summed E-state index contributed by atoms with van der Waals surface area (Å²) >= 11 is 6.30. The van der Waals surface area contributed by atoms with Crippen molar-refractivity contribution in [3.8, 4) is 23.0 Å². The average molecular weight is 494 g/mol. The van der Waals surface area contributed by atoms with Crippen LogP contribution in [0.2, 0.25) is 5.02 Å². The molecular formula is C26H20ClNO7. The quantitative estimate of drug-likeness (QED) is 0.314. The second-order valence-corrected chi connectivity index (χ2v) is 8.35. The Bertz CT molecular complexity index is 1370. The molecule has 5 rings (SSSR count). The number of methoxy groups -OCH3 is 1. The lowest BCUT2D eigenvalue weighted by Gasteiger charge is -2.26. The highest BCUT2D eigenvalue weighted by molar-refractivity contribution is 6.51. The van der Waals surface area contributed by atoms with Gasteiger partial charge in [0, 0.05) is 11.3 Å². The fourth-order valence-corrected chi connectivity index (χ4v) is 4.47. The molecule has 1 saturated heterocycles. The zero-order valence-corrected chi connectivity index (χ0v) is 19.3. The summed E-state index contributed by atoms with van der Waals surface area (Å²) in [7, 11) is 1.47. The molecule has 2 aliphatic heterocycles. The molecule has 2 heterocycles. The molecule has 2 aliphatic rings. The van der Waals surface area contributed by atoms with Crippen LogP contribution in [0.1, 0.15) is 17.2 Å². The van der Waals surface area contributed by atoms with Gasteiger partial charge in [0.1, 0.15) is 30.5 Å². The Hall–Kier alpha value is -4.17. The molecule has 1 amide bonds. The van der Waals surface area contributed by atoms with Crippen LogP contribution in [0.5, 0.6) is 23.0 Å². The Morgan fingerprint density at radius 3 is 2.40 bits per heavy atom. The molecule has 0 aliphatic carbocycles. The van der Waals surface area contributed by atoms with Crippen LogP contribution in [-0.4, -0.2) is 42.2 Å². The second kappa shape index (κ2) is 8.88. The number of phenols is 1. The van der Waals surface area contributed by atoms with Crippen molar-refractivity contribution in [2.45, 2.75) is 6.04 Å². The van der Waals surface area contributed by atoms with Gasteiger partial charge in [0.15, 0.2) is 11.5 Å². The normalized spacial score (nSPS) is 18.6. The van der Waals surface area contributed by atoms with E-state index in [2.05, 4.69) is 0 Å². The van der Waals surface area contributed by atoms with Gasteiger partial charge >= 0.3 is 0 Å². The third kappa shape index (κ3) is 3.91. The lowest BCUT2D eigenvalue weighted by Crippen LogP contribution is -2.29. The Labute approximate surface area is 205 Å². The highest BCUT2D eigenvalue weighted by Gasteiger charge is 2.47. The number of rotatable bonds is 4. The molecular weight excluding hydrogens is 474 g/mol. The number of ether oxygens (including phenoxy) is 3. The number of phenolic OH excluding ortho intramolecular Hbond substituents is 1. The van der Waals surface area contributed by atoms with Crippen LogP contribution in [0.4, 0.5) is 5.69 Å². The molecule has 2 N–H and O–H groups in total. The van der Waals surface area contributed by atoms with Crippen LogP contribution in [0.3, 0.4) is 0 Å². The van der Waals surface area contributed by atoms with Crippen molar-refractivity contribution in [3.05, 3.63) is 82.4 Å². The topological polar surface area (TPSA) is 106 Å². The summed E-state index contributed by atoms with van der Waals surface area (Å²) in [5.74, 6) is -0.672. The van der Waals surface area contributed by atoms with Crippen molar-refractivity contribution in [1.29, 1.82) is 0 Å². The van der Waals surface area contributed by atoms with Gasteiger partial charge in [0.2, 0.25) is 0 Å². The summed E-state index contributed by atoms with van der Waals surface area (Å²) < 4.78 is 16.3. The fourth-order valence-electron chi connectivity index (χ4n) is 4.22. The summed E-state index contributed by atoms with van der Waals surface area (Å²) in [5.41, 5.74) is 1.04. The molecule has 8 nitrogen and oxygen atoms in total. The summed E-state index contributed by atoms with van der Waals surface area (Å²) in [6, 6.07) is 14.6. The first-order chi connectivity index (χ1) is 16.9. The number of anilines is 1. The lowest BCUT2D eigenvalue weighted by molar-refractivity contribution is -0.132. The Balaban J connectivity index is 1.68. The Morgan fingerprint density at radius 1 is 1.00 bits per heavy atom. The van der Waals surface area contributed by atoms with Gasteiger partial charge in [0.25, 0.3) is 11.7 Å². The number of Topliss-reactive ketones (excluding diaryl/α,β-unsaturated/α-hetero) is 1. The number of carbonyl (C=O) groups is 2. The molecule has 35 heavy (non-hydrogen) atoms. The number of halogens is 1. The van der Waals surface area contributed by atoms with E-state index in [0.29, 0.717) is 47.3 Å². The van der Waals surface area contributed by atoms with Crippen LogP contribution in [0.25, 0.3) is 5.76 Å². The number of nitrogens with zero attached hydrogens (tertiary/aromatic N) is 1. The number of fused-ring (bicyclic) bond motifs is 1. The smallest absolute Gasteiger partial charge is 0.300 e. The van der Waals surface area contributed by atoms with E-state index in [1.807, 2.05) is 0 Å². The number of hydrogen-bond acceptors (Lipinski definition) is 7. The molecule has 0 bridgehead atoms. The number of aliphatic hydroxyl groups is 1. The van der Waals surface area contributed by atoms with Gasteiger partial charge in [-0.2, -0.15) is 0 Å². The number of ketones is 1. The van der Waals surface area contributed by atoms with Crippen molar-refractivity contribution >= 4 is 34.7 Å². The SMILES string of the molecule is COc1ccc(N2C(=O)C(=O)/C(=C(\O)c3ccc4c(c3)OCCO4)C2c2ccc(O)cc2)cc1Cl. The largest absolute Gasteiger partial charge is 0.508 e. The van der Waals surface area contributed by atoms with Gasteiger partial charge in [-0.15, -0.1) is 0 Å². The third-order valence-corrected chi connectivity index (χ3v) is 6.18. The van der Waals surface area contributed by atoms with Gasteiger partial charge in [-0.1, -0.05) is 23.7 Å². The molecule has 9 heteroatoms. The monoisotopic (exact) mass is 493 g/mol. The number of hydrogen-bond donors (Lipinski definition) is 2. The summed E-state index contributed by atoms with van der Waals surface area (Å²) in [6.07, 6.45) is 0. The first-order valence-corrected chi connectivity index (χ1v) is 11.1. The number of aromatic hydroxyl groups is 1. The van der Waals surface area contributed by atoms with E-state index in [4.69, 9.17) is 25.8 Å². The van der Waals surface area contributed by atoms with Gasteiger partial charge in [-0.05, 0) is 54.1 Å². The molecule has 3 aromatic rings. The van der Waals surface area contributed by atoms with Crippen LogP contribution in [0.15, 0.2) is 66.2 Å². The van der Waals surface area contributed by atoms with Gasteiger partial charge in [-0.3, -0.25) is 14.5 Å². The molecule has 0 spiro atoms. The second-order valence-electron chi connectivity index (χ2n) is 7.94. The zero-order chi connectivity index (χ0) is 24.7. The fraction of sp³-hybridized carbons (Fsp3) is 0.154. The van der Waals surface area contributed by atoms with Gasteiger partial charge < -0.3 is 24.4 Å². The Morgan fingerprint density at radius 2 is 1.71 bits per heavy atom. The maximum Gasteiger partial charge on any atom is 0.300 e. The molecule has 1 atom stereocenters. The van der Waals surface area contributed by atoms with Crippen molar-refractivity contribution in [3.63, 3.8) is 0 Å². The van der Waals surface area contributed by atoms with E-state index in [9.17, 15) is 19.8 Å². The highest BCUT2D eigenvalue weighted by atomic mass is 35.5. The molecule has 1 fully saturated rings. The van der Waals surface area contributed by atoms with Gasteiger partial charge in [0.05, 0.1) is 23.7 Å². The Kier molecular flexibility index (Phi) is 5.74. The predicted molar refractivity (Wildman–Crippen MR) is 128 cm³/mol. The van der Waals surface area contributed by atoms with Crippen molar-refractivity contribution in [2.24, 2.45) is 0 Å². The number of aliphatic hydroxyl groups excluding tert-OH is 1. The number of carbonyl (C=O) groups excluding carboxylic acids is 2. The number of benzene rings is 3. The molecule has 3 aromatic carbocycles. The van der Waals surface area contributed by atoms with Crippen molar-refractivity contribution in [1.82, 2.24) is 0 Å². The van der Waals surface area contributed by atoms with E-state index in [-0.39, 0.29) is 22.1 Å². The summed E-state index contributed by atoms with van der Waals surface area (Å²) in [4.78, 5) is 27.8. The van der Waals surface area contributed by atoms with E-state index >= 15 is 0 Å². The zero-order valence-electron chi connectivity index (χ0n) is 18.5. The summed E-state index contributed by atoms with van der Waals surface area (Å²) in [6.45, 7) is 0.766. The van der Waals surface area contributed by atoms with E-state index in [0.717, 1.165) is 0 Å². The first-order valence-electron chi connectivity index (χ1n) is 10.7. The minimum atomic E-state index is -0.978. The number of amides is 1. The third-order valence-electron chi connectivity index (χ3n) is 5.88. The highest BCUT2D eigenvalue weighted by Crippen LogP contribution is 2.44. The van der Waals surface area contributed by atoms with Crippen LogP contribution >= 0.6 is 11.6 Å². The van der Waals surface area contributed by atoms with Crippen LogP contribution < -0.4 is 19.1 Å². The van der Waals surface area contributed by atoms with Gasteiger partial charge in [-0.25, -0.2) is 0 Å². The maximum absolute atomic E-state index is 13.3. The van der Waals surface area contributed by atoms with Crippen LogP contribution in [-0.2, 0) is 9.59 Å². The van der Waals surface area contributed by atoms with Crippen molar-refractivity contribution < 1.29 is 34.0 Å². The molecule has 178 valence electrons. The molecule has 1 unspecified atom stereocenters. The molecule has 0 radical (unpaired) electrons. The predicted octanol–water partition coefficient (Wildman–Crippen LogP) is 4.45. The average Bonchev–Trinajstić information content (AvgIpc) is 3.14. The minimum Gasteiger partial charge on any atom is -0.508 e.